The van der Waals surface area contributed by atoms with Crippen molar-refractivity contribution in [2.75, 3.05) is 13.1 Å². The monoisotopic (exact) mass is 526 g/mol. The number of carbonyl (C=O) groups excluding carboxylic acids is 1. The zero-order chi connectivity index (χ0) is 19.8. The average Bonchev–Trinajstić information content (AvgIpc) is 3.13. The van der Waals surface area contributed by atoms with Gasteiger partial charge < -0.3 is 15.5 Å². The largest absolute Gasteiger partial charge is 0.357 e. The van der Waals surface area contributed by atoms with Crippen molar-refractivity contribution in [1.82, 2.24) is 15.5 Å². The molecule has 0 fully saturated rings. The Hall–Kier alpha value is -1.80. The van der Waals surface area contributed by atoms with Crippen molar-refractivity contribution < 1.29 is 4.79 Å². The second-order valence-electron chi connectivity index (χ2n) is 6.87. The third kappa shape index (κ3) is 7.19. The van der Waals surface area contributed by atoms with Gasteiger partial charge in [0.25, 0.3) is 0 Å². The molecule has 7 heteroatoms. The maximum absolute atomic E-state index is 12.5. The molecule has 0 saturated heterocycles. The Bertz CT molecular complexity index is 818. The second-order valence-corrected chi connectivity index (χ2v) is 7.31. The highest BCUT2D eigenvalue weighted by atomic mass is 127. The molecule has 1 aliphatic heterocycles. The van der Waals surface area contributed by atoms with Crippen LogP contribution in [-0.2, 0) is 24.4 Å². The lowest BCUT2D eigenvalue weighted by atomic mass is 10.1. The van der Waals surface area contributed by atoms with Crippen LogP contribution in [0.2, 0.25) is 5.02 Å². The molecule has 1 amide bonds. The maximum atomic E-state index is 12.5. The second kappa shape index (κ2) is 12.0. The Morgan fingerprint density at radius 3 is 2.48 bits per heavy atom. The lowest BCUT2D eigenvalue weighted by molar-refractivity contribution is -0.131. The Balaban J connectivity index is 0.00000300. The summed E-state index contributed by atoms with van der Waals surface area (Å²) in [5, 5.41) is 7.25. The van der Waals surface area contributed by atoms with Crippen molar-refractivity contribution in [3.8, 4) is 0 Å². The number of aliphatic imine (C=N–C) groups is 1. The fourth-order valence-corrected chi connectivity index (χ4v) is 3.47. The Morgan fingerprint density at radius 2 is 1.83 bits per heavy atom. The van der Waals surface area contributed by atoms with Gasteiger partial charge in [-0.2, -0.15) is 0 Å². The quantitative estimate of drug-likeness (QED) is 0.244. The summed E-state index contributed by atoms with van der Waals surface area (Å²) in [7, 11) is 0. The van der Waals surface area contributed by atoms with Gasteiger partial charge in [-0.3, -0.25) is 4.79 Å². The van der Waals surface area contributed by atoms with E-state index >= 15 is 0 Å². The molecule has 5 nitrogen and oxygen atoms in total. The number of benzene rings is 2. The number of hydrogen-bond acceptors (Lipinski definition) is 2. The Kier molecular flexibility index (Phi) is 9.73. The average molecular weight is 527 g/mol. The topological polar surface area (TPSA) is 56.7 Å². The van der Waals surface area contributed by atoms with Gasteiger partial charge >= 0.3 is 0 Å². The van der Waals surface area contributed by atoms with Crippen molar-refractivity contribution in [2.45, 2.75) is 39.4 Å². The molecular weight excluding hydrogens is 499 g/mol. The summed E-state index contributed by atoms with van der Waals surface area (Å²) in [5.74, 6) is 0.961. The number of hydrogen-bond donors (Lipinski definition) is 2. The minimum atomic E-state index is 0. The van der Waals surface area contributed by atoms with Crippen molar-refractivity contribution in [2.24, 2.45) is 4.99 Å². The predicted molar refractivity (Wildman–Crippen MR) is 130 cm³/mol. The summed E-state index contributed by atoms with van der Waals surface area (Å²) in [6, 6.07) is 16.0. The molecule has 0 bridgehead atoms. The van der Waals surface area contributed by atoms with Crippen LogP contribution in [0, 0.1) is 0 Å². The van der Waals surface area contributed by atoms with Crippen LogP contribution in [0.4, 0.5) is 0 Å². The highest BCUT2D eigenvalue weighted by Gasteiger charge is 2.22. The fourth-order valence-electron chi connectivity index (χ4n) is 3.26. The van der Waals surface area contributed by atoms with E-state index in [0.717, 1.165) is 37.6 Å². The molecule has 2 aromatic carbocycles. The fraction of sp³-hybridized carbons (Fsp3) is 0.364. The van der Waals surface area contributed by atoms with Crippen molar-refractivity contribution in [3.63, 3.8) is 0 Å². The number of guanidine groups is 1. The molecule has 0 aliphatic carbocycles. The molecule has 0 radical (unpaired) electrons. The number of rotatable bonds is 7. The molecule has 0 atom stereocenters. The van der Waals surface area contributed by atoms with Gasteiger partial charge in [0.15, 0.2) is 5.96 Å². The summed E-state index contributed by atoms with van der Waals surface area (Å²) in [6.45, 7) is 5.53. The SMILES string of the molecule is CCNC(=NCc1cccc(Cl)c1)NCCCC(=O)N1Cc2ccccc2C1.I. The molecule has 1 heterocycles. The molecule has 0 aromatic heterocycles. The summed E-state index contributed by atoms with van der Waals surface area (Å²) in [6.07, 6.45) is 1.31. The summed E-state index contributed by atoms with van der Waals surface area (Å²) >= 11 is 6.02. The standard InChI is InChI=1S/C22H27ClN4O.HI/c1-2-24-22(26-14-17-7-5-10-20(23)13-17)25-12-6-11-21(28)27-15-18-8-3-4-9-19(18)16-27;/h3-5,7-10,13H,2,6,11-12,14-16H2,1H3,(H2,24,25,26);1H. The van der Waals surface area contributed by atoms with Gasteiger partial charge in [0.1, 0.15) is 0 Å². The van der Waals surface area contributed by atoms with Gasteiger partial charge in [0.2, 0.25) is 5.91 Å². The molecule has 3 rings (SSSR count). The van der Waals surface area contributed by atoms with Crippen LogP contribution in [0.15, 0.2) is 53.5 Å². The van der Waals surface area contributed by atoms with E-state index in [4.69, 9.17) is 11.6 Å². The first kappa shape index (κ1) is 23.5. The first-order valence-corrected chi connectivity index (χ1v) is 10.1. The van der Waals surface area contributed by atoms with E-state index < -0.39 is 0 Å². The molecule has 2 N–H and O–H groups in total. The Labute approximate surface area is 194 Å². The third-order valence-electron chi connectivity index (χ3n) is 4.71. The van der Waals surface area contributed by atoms with Crippen LogP contribution in [0.25, 0.3) is 0 Å². The van der Waals surface area contributed by atoms with Gasteiger partial charge in [-0.15, -0.1) is 24.0 Å². The van der Waals surface area contributed by atoms with Gasteiger partial charge in [-0.05, 0) is 42.2 Å². The molecule has 156 valence electrons. The highest BCUT2D eigenvalue weighted by molar-refractivity contribution is 14.0. The molecule has 0 spiro atoms. The smallest absolute Gasteiger partial charge is 0.223 e. The number of nitrogens with one attached hydrogen (secondary N) is 2. The lowest BCUT2D eigenvalue weighted by Crippen LogP contribution is -2.38. The maximum Gasteiger partial charge on any atom is 0.223 e. The van der Waals surface area contributed by atoms with E-state index in [1.807, 2.05) is 48.2 Å². The minimum absolute atomic E-state index is 0. The number of carbonyl (C=O) groups is 1. The van der Waals surface area contributed by atoms with Gasteiger partial charge in [0.05, 0.1) is 6.54 Å². The number of fused-ring (bicyclic) bond motifs is 1. The first-order chi connectivity index (χ1) is 13.7. The molecular formula is C22H28ClIN4O. The first-order valence-electron chi connectivity index (χ1n) is 9.77. The normalized spacial score (nSPS) is 12.9. The van der Waals surface area contributed by atoms with Crippen molar-refractivity contribution in [3.05, 3.63) is 70.2 Å². The van der Waals surface area contributed by atoms with Crippen LogP contribution in [0.1, 0.15) is 36.5 Å². The van der Waals surface area contributed by atoms with E-state index in [0.29, 0.717) is 24.5 Å². The molecule has 2 aromatic rings. The van der Waals surface area contributed by atoms with Crippen LogP contribution >= 0.6 is 35.6 Å². The summed E-state index contributed by atoms with van der Waals surface area (Å²) in [5.41, 5.74) is 3.58. The van der Waals surface area contributed by atoms with E-state index in [-0.39, 0.29) is 29.9 Å². The molecule has 0 unspecified atom stereocenters. The van der Waals surface area contributed by atoms with Gasteiger partial charge in [-0.1, -0.05) is 48.0 Å². The summed E-state index contributed by atoms with van der Waals surface area (Å²) < 4.78 is 0. The van der Waals surface area contributed by atoms with Crippen LogP contribution in [0.3, 0.4) is 0 Å². The van der Waals surface area contributed by atoms with E-state index in [2.05, 4.69) is 27.8 Å². The van der Waals surface area contributed by atoms with Gasteiger partial charge in [-0.25, -0.2) is 4.99 Å². The molecule has 29 heavy (non-hydrogen) atoms. The number of amides is 1. The van der Waals surface area contributed by atoms with Crippen molar-refractivity contribution >= 4 is 47.4 Å². The lowest BCUT2D eigenvalue weighted by Gasteiger charge is -2.16. The molecule has 1 aliphatic rings. The number of nitrogens with zero attached hydrogens (tertiary/aromatic N) is 2. The van der Waals surface area contributed by atoms with Crippen LogP contribution < -0.4 is 10.6 Å². The molecule has 0 saturated carbocycles. The highest BCUT2D eigenvalue weighted by Crippen LogP contribution is 2.22. The Morgan fingerprint density at radius 1 is 1.10 bits per heavy atom. The van der Waals surface area contributed by atoms with E-state index in [9.17, 15) is 4.79 Å². The van der Waals surface area contributed by atoms with E-state index in [1.165, 1.54) is 11.1 Å². The van der Waals surface area contributed by atoms with Gasteiger partial charge in [0, 0.05) is 37.6 Å². The zero-order valence-electron chi connectivity index (χ0n) is 16.7. The summed E-state index contributed by atoms with van der Waals surface area (Å²) in [4.78, 5) is 19.0. The third-order valence-corrected chi connectivity index (χ3v) is 4.94. The number of halogens is 2. The zero-order valence-corrected chi connectivity index (χ0v) is 19.7. The van der Waals surface area contributed by atoms with Crippen LogP contribution in [-0.4, -0.2) is 29.9 Å². The van der Waals surface area contributed by atoms with E-state index in [1.54, 1.807) is 0 Å². The minimum Gasteiger partial charge on any atom is -0.357 e. The van der Waals surface area contributed by atoms with Crippen LogP contribution in [0.5, 0.6) is 0 Å². The predicted octanol–water partition coefficient (Wildman–Crippen LogP) is 4.34. The van der Waals surface area contributed by atoms with Crippen molar-refractivity contribution in [1.29, 1.82) is 0 Å².